The number of carbonyl (C=O) groups excluding carboxylic acids is 1. The molecular formula is C12H18ClN3O2. The summed E-state index contributed by atoms with van der Waals surface area (Å²) in [7, 11) is 0. The molecule has 100 valence electrons. The van der Waals surface area contributed by atoms with Gasteiger partial charge in [-0.1, -0.05) is 11.6 Å². The van der Waals surface area contributed by atoms with Crippen LogP contribution in [-0.2, 0) is 16.2 Å². The third-order valence-electron chi connectivity index (χ3n) is 2.82. The molecule has 0 aliphatic heterocycles. The monoisotopic (exact) mass is 271 g/mol. The maximum absolute atomic E-state index is 11.5. The molecule has 1 aliphatic rings. The molecule has 0 N–H and O–H groups in total. The van der Waals surface area contributed by atoms with E-state index in [0.29, 0.717) is 30.8 Å². The number of hydrogen-bond acceptors (Lipinski definition) is 4. The van der Waals surface area contributed by atoms with Gasteiger partial charge in [-0.25, -0.2) is 0 Å². The summed E-state index contributed by atoms with van der Waals surface area (Å²) in [6.07, 6.45) is 5.85. The summed E-state index contributed by atoms with van der Waals surface area (Å²) in [6.45, 7) is 4.03. The van der Waals surface area contributed by atoms with Crippen LogP contribution in [0.4, 0.5) is 0 Å². The molecule has 2 rings (SSSR count). The number of rotatable bonds is 7. The molecule has 0 radical (unpaired) electrons. The van der Waals surface area contributed by atoms with Crippen molar-refractivity contribution in [1.82, 2.24) is 14.7 Å². The standard InChI is InChI=1S/C12H18ClN3O2/c1-2-18-12(17)8-15(6-10-3-4-10)9-16-7-11(13)5-14-16/h5,7,10H,2-4,6,8-9H2,1H3. The first kappa shape index (κ1) is 13.4. The largest absolute Gasteiger partial charge is 0.465 e. The highest BCUT2D eigenvalue weighted by Crippen LogP contribution is 2.29. The van der Waals surface area contributed by atoms with Crippen LogP contribution in [0.5, 0.6) is 0 Å². The van der Waals surface area contributed by atoms with Crippen LogP contribution in [0.2, 0.25) is 5.02 Å². The van der Waals surface area contributed by atoms with Gasteiger partial charge in [-0.05, 0) is 25.7 Å². The van der Waals surface area contributed by atoms with Gasteiger partial charge in [0.05, 0.1) is 31.0 Å². The molecule has 0 spiro atoms. The maximum Gasteiger partial charge on any atom is 0.320 e. The lowest BCUT2D eigenvalue weighted by Gasteiger charge is -2.20. The number of nitrogens with zero attached hydrogens (tertiary/aromatic N) is 3. The Morgan fingerprint density at radius 2 is 2.44 bits per heavy atom. The van der Waals surface area contributed by atoms with Crippen molar-refractivity contribution in [3.8, 4) is 0 Å². The molecule has 5 nitrogen and oxygen atoms in total. The molecule has 1 heterocycles. The zero-order valence-electron chi connectivity index (χ0n) is 10.5. The van der Waals surface area contributed by atoms with Crippen molar-refractivity contribution in [2.24, 2.45) is 5.92 Å². The summed E-state index contributed by atoms with van der Waals surface area (Å²) in [5.41, 5.74) is 0. The second kappa shape index (κ2) is 6.20. The Labute approximate surface area is 112 Å². The van der Waals surface area contributed by atoms with Gasteiger partial charge in [0.25, 0.3) is 0 Å². The molecule has 0 unspecified atom stereocenters. The molecule has 1 saturated carbocycles. The lowest BCUT2D eigenvalue weighted by atomic mass is 10.4. The second-order valence-corrected chi connectivity index (χ2v) is 5.04. The lowest BCUT2D eigenvalue weighted by Crippen LogP contribution is -2.34. The zero-order chi connectivity index (χ0) is 13.0. The van der Waals surface area contributed by atoms with Gasteiger partial charge in [0.15, 0.2) is 0 Å². The normalized spacial score (nSPS) is 15.1. The van der Waals surface area contributed by atoms with E-state index in [0.717, 1.165) is 6.54 Å². The van der Waals surface area contributed by atoms with Crippen molar-refractivity contribution in [2.45, 2.75) is 26.4 Å². The Bertz CT molecular complexity index is 404. The minimum absolute atomic E-state index is 0.184. The Morgan fingerprint density at radius 3 is 3.00 bits per heavy atom. The van der Waals surface area contributed by atoms with Crippen LogP contribution in [0.25, 0.3) is 0 Å². The summed E-state index contributed by atoms with van der Waals surface area (Å²) >= 11 is 5.82. The first-order valence-electron chi connectivity index (χ1n) is 6.23. The van der Waals surface area contributed by atoms with Gasteiger partial charge < -0.3 is 4.74 Å². The molecule has 18 heavy (non-hydrogen) atoms. The van der Waals surface area contributed by atoms with Crippen molar-refractivity contribution in [1.29, 1.82) is 0 Å². The average molecular weight is 272 g/mol. The minimum Gasteiger partial charge on any atom is -0.465 e. The lowest BCUT2D eigenvalue weighted by molar-refractivity contribution is -0.145. The fourth-order valence-electron chi connectivity index (χ4n) is 1.85. The molecule has 0 bridgehead atoms. The summed E-state index contributed by atoms with van der Waals surface area (Å²) in [5, 5.41) is 4.74. The van der Waals surface area contributed by atoms with E-state index in [4.69, 9.17) is 16.3 Å². The van der Waals surface area contributed by atoms with Gasteiger partial charge in [0.1, 0.15) is 0 Å². The van der Waals surface area contributed by atoms with Gasteiger partial charge in [-0.3, -0.25) is 14.4 Å². The summed E-state index contributed by atoms with van der Waals surface area (Å²) in [4.78, 5) is 13.6. The summed E-state index contributed by atoms with van der Waals surface area (Å²) in [6, 6.07) is 0. The molecule has 1 aromatic rings. The number of ether oxygens (including phenoxy) is 1. The molecule has 1 fully saturated rings. The van der Waals surface area contributed by atoms with E-state index >= 15 is 0 Å². The van der Waals surface area contributed by atoms with Crippen molar-refractivity contribution in [3.05, 3.63) is 17.4 Å². The van der Waals surface area contributed by atoms with Crippen LogP contribution in [0, 0.1) is 5.92 Å². The van der Waals surface area contributed by atoms with Gasteiger partial charge in [-0.2, -0.15) is 5.10 Å². The van der Waals surface area contributed by atoms with Crippen LogP contribution in [0.3, 0.4) is 0 Å². The molecule has 1 aliphatic carbocycles. The van der Waals surface area contributed by atoms with Crippen LogP contribution in [-0.4, -0.2) is 40.3 Å². The van der Waals surface area contributed by atoms with Crippen molar-refractivity contribution < 1.29 is 9.53 Å². The van der Waals surface area contributed by atoms with E-state index in [1.54, 1.807) is 17.1 Å². The van der Waals surface area contributed by atoms with Crippen molar-refractivity contribution >= 4 is 17.6 Å². The molecule has 0 amide bonds. The number of esters is 1. The molecular weight excluding hydrogens is 254 g/mol. The van der Waals surface area contributed by atoms with Gasteiger partial charge in [0.2, 0.25) is 0 Å². The third-order valence-corrected chi connectivity index (χ3v) is 3.01. The quantitative estimate of drug-likeness (QED) is 0.709. The Kier molecular flexibility index (Phi) is 4.60. The van der Waals surface area contributed by atoms with Gasteiger partial charge >= 0.3 is 5.97 Å². The van der Waals surface area contributed by atoms with Gasteiger partial charge in [0, 0.05) is 12.7 Å². The smallest absolute Gasteiger partial charge is 0.320 e. The number of aromatic nitrogens is 2. The zero-order valence-corrected chi connectivity index (χ0v) is 11.3. The number of carbonyl (C=O) groups is 1. The first-order chi connectivity index (χ1) is 8.67. The number of halogens is 1. The van der Waals surface area contributed by atoms with E-state index in [1.165, 1.54) is 12.8 Å². The Balaban J connectivity index is 1.89. The minimum atomic E-state index is -0.184. The highest BCUT2D eigenvalue weighted by molar-refractivity contribution is 6.30. The SMILES string of the molecule is CCOC(=O)CN(CC1CC1)Cn1cc(Cl)cn1. The summed E-state index contributed by atoms with van der Waals surface area (Å²) < 4.78 is 6.72. The van der Waals surface area contributed by atoms with Crippen LogP contribution >= 0.6 is 11.6 Å². The van der Waals surface area contributed by atoms with Crippen LogP contribution < -0.4 is 0 Å². The maximum atomic E-state index is 11.5. The first-order valence-corrected chi connectivity index (χ1v) is 6.61. The average Bonchev–Trinajstić information content (AvgIpc) is 3.01. The topological polar surface area (TPSA) is 47.4 Å². The van der Waals surface area contributed by atoms with Crippen molar-refractivity contribution in [3.63, 3.8) is 0 Å². The summed E-state index contributed by atoms with van der Waals surface area (Å²) in [5.74, 6) is 0.530. The van der Waals surface area contributed by atoms with E-state index in [2.05, 4.69) is 10.00 Å². The fourth-order valence-corrected chi connectivity index (χ4v) is 2.00. The third kappa shape index (κ3) is 4.31. The predicted molar refractivity (Wildman–Crippen MR) is 68.2 cm³/mol. The Hall–Kier alpha value is -1.07. The highest BCUT2D eigenvalue weighted by atomic mass is 35.5. The fraction of sp³-hybridized carbons (Fsp3) is 0.667. The number of hydrogen-bond donors (Lipinski definition) is 0. The molecule has 6 heteroatoms. The van der Waals surface area contributed by atoms with E-state index < -0.39 is 0 Å². The van der Waals surface area contributed by atoms with Crippen LogP contribution in [0.15, 0.2) is 12.4 Å². The van der Waals surface area contributed by atoms with Crippen molar-refractivity contribution in [2.75, 3.05) is 19.7 Å². The molecule has 1 aromatic heterocycles. The van der Waals surface area contributed by atoms with E-state index in [1.807, 2.05) is 6.92 Å². The second-order valence-electron chi connectivity index (χ2n) is 4.60. The highest BCUT2D eigenvalue weighted by Gasteiger charge is 2.25. The van der Waals surface area contributed by atoms with E-state index in [-0.39, 0.29) is 5.97 Å². The van der Waals surface area contributed by atoms with Gasteiger partial charge in [-0.15, -0.1) is 0 Å². The molecule has 0 atom stereocenters. The van der Waals surface area contributed by atoms with E-state index in [9.17, 15) is 4.79 Å². The molecule has 0 aromatic carbocycles. The molecule has 0 saturated heterocycles. The predicted octanol–water partition coefficient (Wildman–Crippen LogP) is 1.77. The van der Waals surface area contributed by atoms with Crippen LogP contribution in [0.1, 0.15) is 19.8 Å². The Morgan fingerprint density at radius 1 is 1.67 bits per heavy atom.